The molecule has 1 aromatic carbocycles. The van der Waals surface area contributed by atoms with Crippen molar-refractivity contribution in [2.75, 3.05) is 44.2 Å². The van der Waals surface area contributed by atoms with Gasteiger partial charge in [0, 0.05) is 45.5 Å². The maximum atomic E-state index is 13.6. The number of primary amides is 1. The third-order valence-corrected chi connectivity index (χ3v) is 4.89. The molecule has 0 spiro atoms. The Morgan fingerprint density at radius 1 is 1.21 bits per heavy atom. The monoisotopic (exact) mass is 405 g/mol. The molecule has 0 atom stereocenters. The molecule has 2 aromatic rings. The number of nitrogens with zero attached hydrogens (tertiary/aromatic N) is 3. The van der Waals surface area contributed by atoms with Gasteiger partial charge in [-0.3, -0.25) is 14.5 Å². The first-order valence-corrected chi connectivity index (χ1v) is 9.29. The molecule has 3 N–H and O–H groups in total. The van der Waals surface area contributed by atoms with E-state index in [1.165, 1.54) is 24.4 Å². The number of nitrogens with two attached hydrogens (primary N) is 1. The standard InChI is InChI=1S/C19H21ClFN5O2/c20-15-11-13(17(22)27)12-24-18(15)26-9-7-25(8-10-26)6-5-23-19(28)14-3-1-2-4-16(14)21/h1-4,11-12H,5-10H2,(H2,22,27)(H,23,28). The number of pyridine rings is 1. The molecular formula is C19H21ClFN5O2. The van der Waals surface area contributed by atoms with Crippen molar-refractivity contribution >= 4 is 29.2 Å². The molecule has 0 saturated carbocycles. The predicted molar refractivity (Wildman–Crippen MR) is 105 cm³/mol. The van der Waals surface area contributed by atoms with Crippen molar-refractivity contribution in [2.45, 2.75) is 0 Å². The molecule has 2 amide bonds. The second-order valence-corrected chi connectivity index (χ2v) is 6.87. The lowest BCUT2D eigenvalue weighted by molar-refractivity contribution is 0.0942. The fraction of sp³-hybridized carbons (Fsp3) is 0.316. The number of hydrogen-bond donors (Lipinski definition) is 2. The Kier molecular flexibility index (Phi) is 6.43. The molecule has 1 aliphatic rings. The lowest BCUT2D eigenvalue weighted by Crippen LogP contribution is -2.48. The lowest BCUT2D eigenvalue weighted by atomic mass is 10.2. The topological polar surface area (TPSA) is 91.6 Å². The second-order valence-electron chi connectivity index (χ2n) is 6.46. The number of aromatic nitrogens is 1. The Labute approximate surface area is 167 Å². The quantitative estimate of drug-likeness (QED) is 0.760. The van der Waals surface area contributed by atoms with Crippen LogP contribution < -0.4 is 16.0 Å². The van der Waals surface area contributed by atoms with Crippen LogP contribution in [0.5, 0.6) is 0 Å². The van der Waals surface area contributed by atoms with E-state index in [1.54, 1.807) is 12.1 Å². The van der Waals surface area contributed by atoms with Crippen molar-refractivity contribution in [3.63, 3.8) is 0 Å². The normalized spacial score (nSPS) is 14.7. The Morgan fingerprint density at radius 3 is 2.57 bits per heavy atom. The smallest absolute Gasteiger partial charge is 0.254 e. The van der Waals surface area contributed by atoms with Gasteiger partial charge in [-0.25, -0.2) is 9.37 Å². The van der Waals surface area contributed by atoms with Crippen LogP contribution in [0.1, 0.15) is 20.7 Å². The van der Waals surface area contributed by atoms with Crippen LogP contribution in [0.25, 0.3) is 0 Å². The first kappa shape index (κ1) is 20.0. The molecule has 28 heavy (non-hydrogen) atoms. The third-order valence-electron chi connectivity index (χ3n) is 4.61. The fourth-order valence-electron chi connectivity index (χ4n) is 3.05. The van der Waals surface area contributed by atoms with Crippen molar-refractivity contribution in [1.29, 1.82) is 0 Å². The average Bonchev–Trinajstić information content (AvgIpc) is 2.69. The van der Waals surface area contributed by atoms with Crippen LogP contribution in [0.2, 0.25) is 5.02 Å². The van der Waals surface area contributed by atoms with E-state index in [0.29, 0.717) is 37.0 Å². The number of amides is 2. The van der Waals surface area contributed by atoms with Crippen LogP contribution in [0.4, 0.5) is 10.2 Å². The summed E-state index contributed by atoms with van der Waals surface area (Å²) in [5.41, 5.74) is 5.56. The van der Waals surface area contributed by atoms with Crippen molar-refractivity contribution in [1.82, 2.24) is 15.2 Å². The SMILES string of the molecule is NC(=O)c1cnc(N2CCN(CCNC(=O)c3ccccc3F)CC2)c(Cl)c1. The summed E-state index contributed by atoms with van der Waals surface area (Å²) < 4.78 is 13.6. The summed E-state index contributed by atoms with van der Waals surface area (Å²) in [6.07, 6.45) is 1.42. The number of anilines is 1. The number of rotatable bonds is 6. The van der Waals surface area contributed by atoms with Crippen molar-refractivity contribution in [3.8, 4) is 0 Å². The largest absolute Gasteiger partial charge is 0.366 e. The summed E-state index contributed by atoms with van der Waals surface area (Å²) in [7, 11) is 0. The number of hydrogen-bond acceptors (Lipinski definition) is 5. The van der Waals surface area contributed by atoms with Crippen molar-refractivity contribution in [2.24, 2.45) is 5.73 Å². The summed E-state index contributed by atoms with van der Waals surface area (Å²) in [5.74, 6) is -0.884. The van der Waals surface area contributed by atoms with Crippen LogP contribution in [-0.4, -0.2) is 61.0 Å². The average molecular weight is 406 g/mol. The van der Waals surface area contributed by atoms with E-state index >= 15 is 0 Å². The van der Waals surface area contributed by atoms with Gasteiger partial charge in [0.25, 0.3) is 5.91 Å². The summed E-state index contributed by atoms with van der Waals surface area (Å²) in [6.45, 7) is 4.05. The zero-order chi connectivity index (χ0) is 20.1. The van der Waals surface area contributed by atoms with Crippen molar-refractivity contribution < 1.29 is 14.0 Å². The first-order chi connectivity index (χ1) is 13.5. The minimum absolute atomic E-state index is 0.0486. The van der Waals surface area contributed by atoms with Crippen LogP contribution in [0, 0.1) is 5.82 Å². The number of piperazine rings is 1. The highest BCUT2D eigenvalue weighted by Crippen LogP contribution is 2.25. The van der Waals surface area contributed by atoms with Gasteiger partial charge in [0.1, 0.15) is 11.6 Å². The Bertz CT molecular complexity index is 871. The molecule has 3 rings (SSSR count). The number of carbonyl (C=O) groups excluding carboxylic acids is 2. The molecule has 0 aliphatic carbocycles. The molecule has 1 aromatic heterocycles. The van der Waals surface area contributed by atoms with Gasteiger partial charge in [-0.2, -0.15) is 0 Å². The summed E-state index contributed by atoms with van der Waals surface area (Å²) in [4.78, 5) is 31.7. The molecule has 1 aliphatic heterocycles. The molecule has 0 unspecified atom stereocenters. The van der Waals surface area contributed by atoms with E-state index in [9.17, 15) is 14.0 Å². The van der Waals surface area contributed by atoms with Gasteiger partial charge in [-0.15, -0.1) is 0 Å². The highest BCUT2D eigenvalue weighted by molar-refractivity contribution is 6.33. The highest BCUT2D eigenvalue weighted by Gasteiger charge is 2.20. The highest BCUT2D eigenvalue weighted by atomic mass is 35.5. The number of benzene rings is 1. The second kappa shape index (κ2) is 8.99. The van der Waals surface area contributed by atoms with Gasteiger partial charge in [0.05, 0.1) is 16.1 Å². The van der Waals surface area contributed by atoms with Crippen molar-refractivity contribution in [3.05, 3.63) is 58.5 Å². The zero-order valence-corrected chi connectivity index (χ0v) is 16.0. The van der Waals surface area contributed by atoms with E-state index in [2.05, 4.69) is 15.2 Å². The molecule has 0 bridgehead atoms. The Balaban J connectivity index is 1.46. The number of halogens is 2. The van der Waals surface area contributed by atoms with Gasteiger partial charge in [0.2, 0.25) is 5.91 Å². The van der Waals surface area contributed by atoms with E-state index in [1.807, 2.05) is 4.90 Å². The molecule has 1 saturated heterocycles. The molecule has 148 valence electrons. The minimum Gasteiger partial charge on any atom is -0.366 e. The molecule has 1 fully saturated rings. The maximum absolute atomic E-state index is 13.6. The lowest BCUT2D eigenvalue weighted by Gasteiger charge is -2.35. The number of nitrogens with one attached hydrogen (secondary N) is 1. The van der Waals surface area contributed by atoms with Gasteiger partial charge >= 0.3 is 0 Å². The molecule has 7 nitrogen and oxygen atoms in total. The third kappa shape index (κ3) is 4.76. The maximum Gasteiger partial charge on any atom is 0.254 e. The molecule has 9 heteroatoms. The minimum atomic E-state index is -0.566. The fourth-order valence-corrected chi connectivity index (χ4v) is 3.34. The van der Waals surface area contributed by atoms with Gasteiger partial charge < -0.3 is 16.0 Å². The van der Waals surface area contributed by atoms with Crippen LogP contribution in [-0.2, 0) is 0 Å². The van der Waals surface area contributed by atoms with Gasteiger partial charge in [-0.1, -0.05) is 23.7 Å². The van der Waals surface area contributed by atoms with Gasteiger partial charge in [0.15, 0.2) is 0 Å². The predicted octanol–water partition coefficient (Wildman–Crippen LogP) is 1.53. The van der Waals surface area contributed by atoms with Crippen LogP contribution in [0.3, 0.4) is 0 Å². The molecule has 0 radical (unpaired) electrons. The van der Waals surface area contributed by atoms with E-state index in [4.69, 9.17) is 17.3 Å². The molecular weight excluding hydrogens is 385 g/mol. The summed E-state index contributed by atoms with van der Waals surface area (Å²) in [5, 5.41) is 3.14. The Hall–Kier alpha value is -2.71. The van der Waals surface area contributed by atoms with E-state index < -0.39 is 17.6 Å². The summed E-state index contributed by atoms with van der Waals surface area (Å²) in [6, 6.07) is 7.43. The Morgan fingerprint density at radius 2 is 1.93 bits per heavy atom. The van der Waals surface area contributed by atoms with Gasteiger partial charge in [-0.05, 0) is 18.2 Å². The van der Waals surface area contributed by atoms with Crippen LogP contribution in [0.15, 0.2) is 36.5 Å². The van der Waals surface area contributed by atoms with E-state index in [0.717, 1.165) is 13.1 Å². The first-order valence-electron chi connectivity index (χ1n) is 8.91. The van der Waals surface area contributed by atoms with E-state index in [-0.39, 0.29) is 11.1 Å². The summed E-state index contributed by atoms with van der Waals surface area (Å²) >= 11 is 6.23. The zero-order valence-electron chi connectivity index (χ0n) is 15.2. The molecule has 2 heterocycles. The number of carbonyl (C=O) groups is 2. The van der Waals surface area contributed by atoms with Crippen LogP contribution >= 0.6 is 11.6 Å².